The van der Waals surface area contributed by atoms with Gasteiger partial charge in [0, 0.05) is 6.08 Å². The van der Waals surface area contributed by atoms with E-state index in [0.717, 1.165) is 16.7 Å². The summed E-state index contributed by atoms with van der Waals surface area (Å²) in [5, 5.41) is 16.9. The highest BCUT2D eigenvalue weighted by molar-refractivity contribution is 5.57. The molecule has 2 rings (SSSR count). The zero-order valence-corrected chi connectivity index (χ0v) is 13.1. The van der Waals surface area contributed by atoms with Crippen molar-refractivity contribution in [1.29, 1.82) is 10.5 Å². The van der Waals surface area contributed by atoms with Crippen molar-refractivity contribution < 1.29 is 0 Å². The van der Waals surface area contributed by atoms with Crippen LogP contribution in [0.4, 0.5) is 0 Å². The number of hydrogen-bond acceptors (Lipinski definition) is 2. The van der Waals surface area contributed by atoms with Crippen LogP contribution in [0.15, 0.2) is 78.9 Å². The van der Waals surface area contributed by atoms with Crippen LogP contribution in [0, 0.1) is 22.7 Å². The number of nitriles is 2. The highest BCUT2D eigenvalue weighted by atomic mass is 14.2. The average molecular weight is 298 g/mol. The molecule has 0 spiro atoms. The van der Waals surface area contributed by atoms with E-state index >= 15 is 0 Å². The summed E-state index contributed by atoms with van der Waals surface area (Å²) in [6.07, 6.45) is 10.8. The van der Waals surface area contributed by atoms with Crippen LogP contribution in [0.3, 0.4) is 0 Å². The molecule has 112 valence electrons. The van der Waals surface area contributed by atoms with Crippen molar-refractivity contribution in [3.05, 3.63) is 95.6 Å². The molecule has 2 nitrogen and oxygen atoms in total. The molecule has 0 saturated carbocycles. The SMILES string of the molecule is CC=Cc1ccccc1C#N.N#CC=CC=Cc1ccccc1. The first-order valence-corrected chi connectivity index (χ1v) is 7.21. The van der Waals surface area contributed by atoms with E-state index in [9.17, 15) is 0 Å². The molecule has 2 aromatic rings. The zero-order valence-electron chi connectivity index (χ0n) is 13.1. The van der Waals surface area contributed by atoms with E-state index in [0.29, 0.717) is 0 Å². The summed E-state index contributed by atoms with van der Waals surface area (Å²) >= 11 is 0. The van der Waals surface area contributed by atoms with Crippen molar-refractivity contribution in [2.45, 2.75) is 6.92 Å². The lowest BCUT2D eigenvalue weighted by atomic mass is 10.1. The fourth-order valence-corrected chi connectivity index (χ4v) is 1.75. The summed E-state index contributed by atoms with van der Waals surface area (Å²) in [7, 11) is 0. The Kier molecular flexibility index (Phi) is 8.70. The second kappa shape index (κ2) is 11.3. The van der Waals surface area contributed by atoms with Gasteiger partial charge in [0.1, 0.15) is 0 Å². The fourth-order valence-electron chi connectivity index (χ4n) is 1.75. The van der Waals surface area contributed by atoms with E-state index in [2.05, 4.69) is 6.07 Å². The van der Waals surface area contributed by atoms with Gasteiger partial charge in [-0.15, -0.1) is 0 Å². The largest absolute Gasteiger partial charge is 0.193 e. The molecule has 0 aliphatic rings. The van der Waals surface area contributed by atoms with Crippen molar-refractivity contribution in [3.8, 4) is 12.1 Å². The Morgan fingerprint density at radius 1 is 0.826 bits per heavy atom. The van der Waals surface area contributed by atoms with Crippen LogP contribution >= 0.6 is 0 Å². The van der Waals surface area contributed by atoms with E-state index in [4.69, 9.17) is 10.5 Å². The van der Waals surface area contributed by atoms with Crippen molar-refractivity contribution in [1.82, 2.24) is 0 Å². The van der Waals surface area contributed by atoms with Crippen LogP contribution in [0.2, 0.25) is 0 Å². The lowest BCUT2D eigenvalue weighted by molar-refractivity contribution is 1.47. The molecule has 2 aromatic carbocycles. The molecule has 0 fully saturated rings. The number of hydrogen-bond donors (Lipinski definition) is 0. The van der Waals surface area contributed by atoms with Crippen LogP contribution in [0.1, 0.15) is 23.6 Å². The Balaban J connectivity index is 0.000000231. The first-order chi connectivity index (χ1) is 11.3. The van der Waals surface area contributed by atoms with Gasteiger partial charge in [0.15, 0.2) is 0 Å². The Bertz CT molecular complexity index is 754. The molecule has 0 heterocycles. The highest BCUT2D eigenvalue weighted by Gasteiger charge is 1.93. The molecule has 0 unspecified atom stereocenters. The second-order valence-corrected chi connectivity index (χ2v) is 4.46. The summed E-state index contributed by atoms with van der Waals surface area (Å²) in [5.41, 5.74) is 2.85. The molecule has 23 heavy (non-hydrogen) atoms. The topological polar surface area (TPSA) is 47.6 Å². The van der Waals surface area contributed by atoms with Gasteiger partial charge in [0.05, 0.1) is 17.7 Å². The first kappa shape index (κ1) is 17.7. The Hall–Kier alpha value is -3.36. The van der Waals surface area contributed by atoms with Crippen LogP contribution < -0.4 is 0 Å². The molecule has 0 saturated heterocycles. The molecular formula is C21H18N2. The van der Waals surface area contributed by atoms with E-state index in [1.165, 1.54) is 6.08 Å². The van der Waals surface area contributed by atoms with Crippen LogP contribution in [0.25, 0.3) is 12.2 Å². The van der Waals surface area contributed by atoms with Gasteiger partial charge >= 0.3 is 0 Å². The fraction of sp³-hybridized carbons (Fsp3) is 0.0476. The molecule has 0 bridgehead atoms. The number of benzene rings is 2. The van der Waals surface area contributed by atoms with E-state index in [-0.39, 0.29) is 0 Å². The molecule has 0 N–H and O–H groups in total. The highest BCUT2D eigenvalue weighted by Crippen LogP contribution is 2.08. The standard InChI is InChI=1S/C11H9N.C10H9N/c12-10-6-2-5-9-11-7-3-1-4-8-11;1-2-5-9-6-3-4-7-10(9)8-11/h1-9H;2-7H,1H3. The average Bonchev–Trinajstić information content (AvgIpc) is 2.61. The molecule has 0 aliphatic carbocycles. The second-order valence-electron chi connectivity index (χ2n) is 4.46. The van der Waals surface area contributed by atoms with Crippen LogP contribution in [0.5, 0.6) is 0 Å². The Morgan fingerprint density at radius 2 is 1.52 bits per heavy atom. The van der Waals surface area contributed by atoms with E-state index in [1.807, 2.05) is 91.9 Å². The zero-order chi connectivity index (χ0) is 16.8. The maximum absolute atomic E-state index is 8.66. The summed E-state index contributed by atoms with van der Waals surface area (Å²) in [5.74, 6) is 0. The summed E-state index contributed by atoms with van der Waals surface area (Å²) in [4.78, 5) is 0. The Labute approximate surface area is 137 Å². The lowest BCUT2D eigenvalue weighted by Crippen LogP contribution is -1.78. The third-order valence-corrected chi connectivity index (χ3v) is 2.80. The first-order valence-electron chi connectivity index (χ1n) is 7.21. The molecule has 0 atom stereocenters. The quantitative estimate of drug-likeness (QED) is 0.565. The van der Waals surface area contributed by atoms with Crippen molar-refractivity contribution >= 4 is 12.2 Å². The number of nitrogens with zero attached hydrogens (tertiary/aromatic N) is 2. The van der Waals surface area contributed by atoms with Crippen molar-refractivity contribution in [2.24, 2.45) is 0 Å². The van der Waals surface area contributed by atoms with Gasteiger partial charge in [0.25, 0.3) is 0 Å². The van der Waals surface area contributed by atoms with Gasteiger partial charge in [-0.3, -0.25) is 0 Å². The predicted molar refractivity (Wildman–Crippen MR) is 96.1 cm³/mol. The molecule has 0 aliphatic heterocycles. The molecule has 2 heteroatoms. The minimum Gasteiger partial charge on any atom is -0.193 e. The summed E-state index contributed by atoms with van der Waals surface area (Å²) in [6.45, 7) is 1.94. The Morgan fingerprint density at radius 3 is 2.17 bits per heavy atom. The number of rotatable bonds is 3. The van der Waals surface area contributed by atoms with Crippen molar-refractivity contribution in [3.63, 3.8) is 0 Å². The van der Waals surface area contributed by atoms with Gasteiger partial charge in [-0.05, 0) is 24.1 Å². The van der Waals surface area contributed by atoms with Gasteiger partial charge in [-0.2, -0.15) is 10.5 Å². The van der Waals surface area contributed by atoms with E-state index < -0.39 is 0 Å². The third kappa shape index (κ3) is 7.27. The van der Waals surface area contributed by atoms with Crippen molar-refractivity contribution in [2.75, 3.05) is 0 Å². The molecule has 0 amide bonds. The van der Waals surface area contributed by atoms with E-state index in [1.54, 1.807) is 6.08 Å². The monoisotopic (exact) mass is 298 g/mol. The van der Waals surface area contributed by atoms with Gasteiger partial charge in [-0.25, -0.2) is 0 Å². The van der Waals surface area contributed by atoms with Gasteiger partial charge < -0.3 is 0 Å². The lowest BCUT2D eigenvalue weighted by Gasteiger charge is -1.93. The predicted octanol–water partition coefficient (Wildman–Crippen LogP) is 5.37. The minimum absolute atomic E-state index is 0.727. The maximum Gasteiger partial charge on any atom is 0.0997 e. The maximum atomic E-state index is 8.66. The summed E-state index contributed by atoms with van der Waals surface area (Å²) < 4.78 is 0. The van der Waals surface area contributed by atoms with Gasteiger partial charge in [-0.1, -0.05) is 78.9 Å². The molecular weight excluding hydrogens is 280 g/mol. The normalized spacial score (nSPS) is 10.2. The molecule has 0 aromatic heterocycles. The van der Waals surface area contributed by atoms with Crippen LogP contribution in [-0.4, -0.2) is 0 Å². The van der Waals surface area contributed by atoms with Gasteiger partial charge in [0.2, 0.25) is 0 Å². The summed E-state index contributed by atoms with van der Waals surface area (Å²) in [6, 6.07) is 21.5. The number of allylic oxidation sites excluding steroid dienone is 4. The molecule has 0 radical (unpaired) electrons. The minimum atomic E-state index is 0.727. The smallest absolute Gasteiger partial charge is 0.0997 e. The van der Waals surface area contributed by atoms with Crippen LogP contribution in [-0.2, 0) is 0 Å². The third-order valence-electron chi connectivity index (χ3n) is 2.80.